The van der Waals surface area contributed by atoms with E-state index in [2.05, 4.69) is 17.1 Å². The summed E-state index contributed by atoms with van der Waals surface area (Å²) in [6.45, 7) is 0. The smallest absolute Gasteiger partial charge is 0.147 e. The number of halogens is 2. The number of pyridine rings is 1. The summed E-state index contributed by atoms with van der Waals surface area (Å²) in [6.07, 6.45) is 8.17. The standard InChI is InChI=1S/C17H12ClFN2/c18-15-9-4-10-16(20-15)21-14-8-2-1-5-11(14)12-6-3-7-13(19)17(12)21/h1-11,14H. The Morgan fingerprint density at radius 2 is 1.86 bits per heavy atom. The number of hydrogen-bond donors (Lipinski definition) is 0. The van der Waals surface area contributed by atoms with Crippen LogP contribution in [0.5, 0.6) is 0 Å². The topological polar surface area (TPSA) is 16.1 Å². The van der Waals surface area contributed by atoms with Crippen molar-refractivity contribution in [2.45, 2.75) is 12.0 Å². The summed E-state index contributed by atoms with van der Waals surface area (Å²) in [7, 11) is 0. The SMILES string of the molecule is Fc1cccc2c1N(c1cccc(Cl)n1)C1C=CC=CC21. The molecule has 2 unspecified atom stereocenters. The van der Waals surface area contributed by atoms with E-state index in [1.54, 1.807) is 12.1 Å². The van der Waals surface area contributed by atoms with Crippen LogP contribution in [0.3, 0.4) is 0 Å². The Labute approximate surface area is 127 Å². The van der Waals surface area contributed by atoms with E-state index < -0.39 is 0 Å². The van der Waals surface area contributed by atoms with Crippen molar-refractivity contribution in [2.24, 2.45) is 0 Å². The summed E-state index contributed by atoms with van der Waals surface area (Å²) in [6, 6.07) is 10.7. The number of benzene rings is 1. The Morgan fingerprint density at radius 3 is 2.71 bits per heavy atom. The quantitative estimate of drug-likeness (QED) is 0.715. The maximum atomic E-state index is 14.4. The van der Waals surface area contributed by atoms with Crippen molar-refractivity contribution in [3.63, 3.8) is 0 Å². The first-order valence-electron chi connectivity index (χ1n) is 6.81. The molecule has 0 radical (unpaired) electrons. The molecule has 1 aromatic carbocycles. The molecule has 2 heterocycles. The maximum Gasteiger partial charge on any atom is 0.147 e. The number of anilines is 2. The molecule has 0 amide bonds. The van der Waals surface area contributed by atoms with Crippen molar-refractivity contribution in [1.29, 1.82) is 0 Å². The van der Waals surface area contributed by atoms with Gasteiger partial charge in [0.05, 0.1) is 11.7 Å². The minimum Gasteiger partial charge on any atom is -0.316 e. The van der Waals surface area contributed by atoms with E-state index in [1.807, 2.05) is 35.3 Å². The first kappa shape index (κ1) is 12.6. The third-order valence-electron chi connectivity index (χ3n) is 3.97. The molecule has 0 saturated heterocycles. The average Bonchev–Trinajstić information content (AvgIpc) is 2.83. The molecule has 2 aromatic rings. The molecule has 1 aromatic heterocycles. The second-order valence-electron chi connectivity index (χ2n) is 5.15. The van der Waals surface area contributed by atoms with Crippen LogP contribution in [-0.2, 0) is 0 Å². The van der Waals surface area contributed by atoms with Crippen LogP contribution < -0.4 is 4.90 Å². The molecule has 2 atom stereocenters. The minimum absolute atomic E-state index is 0.0351. The van der Waals surface area contributed by atoms with Gasteiger partial charge in [0.2, 0.25) is 0 Å². The van der Waals surface area contributed by atoms with Gasteiger partial charge in [-0.2, -0.15) is 0 Å². The highest BCUT2D eigenvalue weighted by molar-refractivity contribution is 6.29. The first-order valence-corrected chi connectivity index (χ1v) is 7.19. The van der Waals surface area contributed by atoms with E-state index in [4.69, 9.17) is 11.6 Å². The van der Waals surface area contributed by atoms with Crippen LogP contribution in [0.4, 0.5) is 15.9 Å². The van der Waals surface area contributed by atoms with Gasteiger partial charge >= 0.3 is 0 Å². The molecule has 1 aliphatic heterocycles. The van der Waals surface area contributed by atoms with Crippen LogP contribution in [0.15, 0.2) is 60.7 Å². The summed E-state index contributed by atoms with van der Waals surface area (Å²) < 4.78 is 14.4. The number of fused-ring (bicyclic) bond motifs is 3. The van der Waals surface area contributed by atoms with E-state index in [0.29, 0.717) is 16.7 Å². The van der Waals surface area contributed by atoms with Crippen molar-refractivity contribution >= 4 is 23.1 Å². The van der Waals surface area contributed by atoms with Gasteiger partial charge in [-0.25, -0.2) is 9.37 Å². The van der Waals surface area contributed by atoms with E-state index in [1.165, 1.54) is 6.07 Å². The monoisotopic (exact) mass is 298 g/mol. The lowest BCUT2D eigenvalue weighted by atomic mass is 9.91. The van der Waals surface area contributed by atoms with Crippen LogP contribution in [0.2, 0.25) is 5.15 Å². The molecule has 2 nitrogen and oxygen atoms in total. The van der Waals surface area contributed by atoms with Crippen LogP contribution in [0, 0.1) is 5.82 Å². The highest BCUT2D eigenvalue weighted by Crippen LogP contribution is 2.48. The molecule has 21 heavy (non-hydrogen) atoms. The summed E-state index contributed by atoms with van der Waals surface area (Å²) in [4.78, 5) is 6.28. The number of hydrogen-bond acceptors (Lipinski definition) is 2. The Bertz CT molecular complexity index is 769. The number of aromatic nitrogens is 1. The van der Waals surface area contributed by atoms with Crippen molar-refractivity contribution < 1.29 is 4.39 Å². The predicted octanol–water partition coefficient (Wildman–Crippen LogP) is 4.60. The fraction of sp³-hybridized carbons (Fsp3) is 0.118. The van der Waals surface area contributed by atoms with Crippen LogP contribution >= 0.6 is 11.6 Å². The van der Waals surface area contributed by atoms with Gasteiger partial charge in [0.25, 0.3) is 0 Å². The molecule has 2 aliphatic rings. The average molecular weight is 299 g/mol. The van der Waals surface area contributed by atoms with E-state index in [-0.39, 0.29) is 17.8 Å². The summed E-state index contributed by atoms with van der Waals surface area (Å²) in [5.74, 6) is 0.577. The molecule has 104 valence electrons. The van der Waals surface area contributed by atoms with Gasteiger partial charge in [0, 0.05) is 5.92 Å². The van der Waals surface area contributed by atoms with Crippen LogP contribution in [0.25, 0.3) is 0 Å². The first-order chi connectivity index (χ1) is 10.3. The fourth-order valence-electron chi connectivity index (χ4n) is 3.13. The van der Waals surface area contributed by atoms with Gasteiger partial charge in [0.1, 0.15) is 16.8 Å². The van der Waals surface area contributed by atoms with E-state index >= 15 is 0 Å². The van der Waals surface area contributed by atoms with Gasteiger partial charge in [-0.15, -0.1) is 0 Å². The lowest BCUT2D eigenvalue weighted by Crippen LogP contribution is -2.29. The molecule has 4 heteroatoms. The summed E-state index contributed by atoms with van der Waals surface area (Å²) >= 11 is 6.00. The molecule has 4 rings (SSSR count). The molecule has 1 aliphatic carbocycles. The maximum absolute atomic E-state index is 14.4. The molecule has 0 fully saturated rings. The van der Waals surface area contributed by atoms with Crippen molar-refractivity contribution in [1.82, 2.24) is 4.98 Å². The van der Waals surface area contributed by atoms with E-state index in [0.717, 1.165) is 5.56 Å². The molecule has 0 bridgehead atoms. The van der Waals surface area contributed by atoms with Crippen molar-refractivity contribution in [3.8, 4) is 0 Å². The highest BCUT2D eigenvalue weighted by atomic mass is 35.5. The zero-order chi connectivity index (χ0) is 14.4. The van der Waals surface area contributed by atoms with Gasteiger partial charge in [-0.1, -0.05) is 54.1 Å². The lowest BCUT2D eigenvalue weighted by molar-refractivity contribution is 0.625. The number of para-hydroxylation sites is 1. The van der Waals surface area contributed by atoms with Crippen LogP contribution in [-0.4, -0.2) is 11.0 Å². The molecule has 0 spiro atoms. The Kier molecular flexibility index (Phi) is 2.82. The largest absolute Gasteiger partial charge is 0.316 e. The Morgan fingerprint density at radius 1 is 1.05 bits per heavy atom. The predicted molar refractivity (Wildman–Crippen MR) is 82.6 cm³/mol. The second kappa shape index (κ2) is 4.71. The summed E-state index contributed by atoms with van der Waals surface area (Å²) in [5.41, 5.74) is 1.58. The minimum atomic E-state index is -0.231. The number of rotatable bonds is 1. The normalized spacial score (nSPS) is 22.3. The molecule has 0 N–H and O–H groups in total. The third kappa shape index (κ3) is 1.88. The fourth-order valence-corrected chi connectivity index (χ4v) is 3.29. The Hall–Kier alpha value is -2.13. The van der Waals surface area contributed by atoms with Gasteiger partial charge in [0.15, 0.2) is 0 Å². The third-order valence-corrected chi connectivity index (χ3v) is 4.18. The number of nitrogens with zero attached hydrogens (tertiary/aromatic N) is 2. The zero-order valence-corrected chi connectivity index (χ0v) is 11.8. The molecular weight excluding hydrogens is 287 g/mol. The van der Waals surface area contributed by atoms with Crippen molar-refractivity contribution in [2.75, 3.05) is 4.90 Å². The lowest BCUT2D eigenvalue weighted by Gasteiger charge is -2.27. The van der Waals surface area contributed by atoms with Crippen molar-refractivity contribution in [3.05, 3.63) is 77.2 Å². The van der Waals surface area contributed by atoms with Gasteiger partial charge in [-0.3, -0.25) is 0 Å². The van der Waals surface area contributed by atoms with Gasteiger partial charge < -0.3 is 4.90 Å². The van der Waals surface area contributed by atoms with Gasteiger partial charge in [-0.05, 0) is 23.8 Å². The van der Waals surface area contributed by atoms with E-state index in [9.17, 15) is 4.39 Å². The van der Waals surface area contributed by atoms with Crippen LogP contribution in [0.1, 0.15) is 11.5 Å². The Balaban J connectivity index is 1.94. The zero-order valence-electron chi connectivity index (χ0n) is 11.1. The highest BCUT2D eigenvalue weighted by Gasteiger charge is 2.39. The second-order valence-corrected chi connectivity index (χ2v) is 5.54. The molecule has 0 saturated carbocycles. The summed E-state index contributed by atoms with van der Waals surface area (Å²) in [5, 5.41) is 0.407. The number of allylic oxidation sites excluding steroid dienone is 2. The molecular formula is C17H12ClFN2.